The first-order valence-electron chi connectivity index (χ1n) is 5.47. The van der Waals surface area contributed by atoms with E-state index in [-0.39, 0.29) is 12.4 Å². The first-order chi connectivity index (χ1) is 8.65. The molecular formula is C14H12BrFO2. The lowest BCUT2D eigenvalue weighted by molar-refractivity contribution is 0.108. The van der Waals surface area contributed by atoms with Gasteiger partial charge in [-0.1, -0.05) is 34.1 Å². The standard InChI is InChI=1S/C14H12BrFO2/c15-11-2-1-3-13(8-11)18-9-14(17)10-4-6-12(16)7-5-10/h1-8,14,17H,9H2. The molecule has 0 aliphatic carbocycles. The highest BCUT2D eigenvalue weighted by molar-refractivity contribution is 9.10. The second-order valence-electron chi connectivity index (χ2n) is 3.84. The van der Waals surface area contributed by atoms with Crippen LogP contribution in [0.2, 0.25) is 0 Å². The third-order valence-corrected chi connectivity index (χ3v) is 2.95. The fraction of sp³-hybridized carbons (Fsp3) is 0.143. The molecule has 1 unspecified atom stereocenters. The summed E-state index contributed by atoms with van der Waals surface area (Å²) in [5, 5.41) is 9.88. The third kappa shape index (κ3) is 3.55. The zero-order valence-electron chi connectivity index (χ0n) is 9.51. The number of hydrogen-bond acceptors (Lipinski definition) is 2. The van der Waals surface area contributed by atoms with Crippen molar-refractivity contribution in [2.75, 3.05) is 6.61 Å². The number of ether oxygens (including phenoxy) is 1. The number of rotatable bonds is 4. The largest absolute Gasteiger partial charge is 0.490 e. The van der Waals surface area contributed by atoms with Crippen molar-refractivity contribution in [3.8, 4) is 5.75 Å². The van der Waals surface area contributed by atoms with Gasteiger partial charge in [0.25, 0.3) is 0 Å². The highest BCUT2D eigenvalue weighted by Crippen LogP contribution is 2.20. The van der Waals surface area contributed by atoms with E-state index in [2.05, 4.69) is 15.9 Å². The van der Waals surface area contributed by atoms with Gasteiger partial charge in [-0.2, -0.15) is 0 Å². The van der Waals surface area contributed by atoms with E-state index in [4.69, 9.17) is 4.74 Å². The number of aliphatic hydroxyl groups excluding tert-OH is 1. The summed E-state index contributed by atoms with van der Waals surface area (Å²) in [6.07, 6.45) is -0.774. The van der Waals surface area contributed by atoms with E-state index in [0.29, 0.717) is 11.3 Å². The number of halogens is 2. The molecular weight excluding hydrogens is 299 g/mol. The van der Waals surface area contributed by atoms with Crippen LogP contribution >= 0.6 is 15.9 Å². The van der Waals surface area contributed by atoms with Gasteiger partial charge >= 0.3 is 0 Å². The zero-order valence-corrected chi connectivity index (χ0v) is 11.1. The van der Waals surface area contributed by atoms with Crippen molar-refractivity contribution in [1.29, 1.82) is 0 Å². The Morgan fingerprint density at radius 3 is 2.56 bits per heavy atom. The number of benzene rings is 2. The Balaban J connectivity index is 1.96. The Morgan fingerprint density at radius 1 is 1.17 bits per heavy atom. The molecule has 4 heteroatoms. The molecule has 0 heterocycles. The molecule has 2 rings (SSSR count). The van der Waals surface area contributed by atoms with Crippen LogP contribution in [0.1, 0.15) is 11.7 Å². The lowest BCUT2D eigenvalue weighted by Crippen LogP contribution is -2.09. The van der Waals surface area contributed by atoms with Gasteiger partial charge in [-0.15, -0.1) is 0 Å². The van der Waals surface area contributed by atoms with E-state index in [1.54, 1.807) is 12.1 Å². The van der Waals surface area contributed by atoms with Crippen LogP contribution in [0.3, 0.4) is 0 Å². The van der Waals surface area contributed by atoms with Crippen LogP contribution in [-0.2, 0) is 0 Å². The zero-order chi connectivity index (χ0) is 13.0. The quantitative estimate of drug-likeness (QED) is 0.933. The Bertz CT molecular complexity index is 513. The lowest BCUT2D eigenvalue weighted by atomic mass is 10.1. The smallest absolute Gasteiger partial charge is 0.123 e. The van der Waals surface area contributed by atoms with Crippen molar-refractivity contribution >= 4 is 15.9 Å². The van der Waals surface area contributed by atoms with Gasteiger partial charge in [0, 0.05) is 4.47 Å². The maximum absolute atomic E-state index is 12.7. The molecule has 0 fully saturated rings. The molecule has 1 atom stereocenters. The van der Waals surface area contributed by atoms with Gasteiger partial charge in [0.05, 0.1) is 0 Å². The second kappa shape index (κ2) is 5.98. The summed E-state index contributed by atoms with van der Waals surface area (Å²) in [6.45, 7) is 0.127. The van der Waals surface area contributed by atoms with Crippen LogP contribution in [0.15, 0.2) is 53.0 Å². The van der Waals surface area contributed by atoms with Crippen LogP contribution < -0.4 is 4.74 Å². The summed E-state index contributed by atoms with van der Waals surface area (Å²) < 4.78 is 19.1. The molecule has 1 N–H and O–H groups in total. The monoisotopic (exact) mass is 310 g/mol. The summed E-state index contributed by atoms with van der Waals surface area (Å²) in [7, 11) is 0. The van der Waals surface area contributed by atoms with E-state index in [1.165, 1.54) is 12.1 Å². The van der Waals surface area contributed by atoms with Crippen LogP contribution in [0.5, 0.6) is 5.75 Å². The van der Waals surface area contributed by atoms with Gasteiger partial charge in [0.1, 0.15) is 24.3 Å². The van der Waals surface area contributed by atoms with E-state index in [9.17, 15) is 9.50 Å². The average Bonchev–Trinajstić information content (AvgIpc) is 2.37. The highest BCUT2D eigenvalue weighted by atomic mass is 79.9. The Hall–Kier alpha value is -1.39. The van der Waals surface area contributed by atoms with Crippen molar-refractivity contribution in [2.45, 2.75) is 6.10 Å². The summed E-state index contributed by atoms with van der Waals surface area (Å²) in [5.41, 5.74) is 0.631. The molecule has 0 radical (unpaired) electrons. The van der Waals surface area contributed by atoms with E-state index in [0.717, 1.165) is 4.47 Å². The van der Waals surface area contributed by atoms with Crippen molar-refractivity contribution < 1.29 is 14.2 Å². The van der Waals surface area contributed by atoms with Crippen molar-refractivity contribution in [2.24, 2.45) is 0 Å². The van der Waals surface area contributed by atoms with E-state index >= 15 is 0 Å². The summed E-state index contributed by atoms with van der Waals surface area (Å²) in [4.78, 5) is 0. The number of aliphatic hydroxyl groups is 1. The van der Waals surface area contributed by atoms with Crippen molar-refractivity contribution in [1.82, 2.24) is 0 Å². The molecule has 0 spiro atoms. The fourth-order valence-corrected chi connectivity index (χ4v) is 1.89. The van der Waals surface area contributed by atoms with E-state index < -0.39 is 6.10 Å². The lowest BCUT2D eigenvalue weighted by Gasteiger charge is -2.12. The normalized spacial score (nSPS) is 12.2. The maximum atomic E-state index is 12.7. The molecule has 0 saturated carbocycles. The summed E-state index contributed by atoms with van der Waals surface area (Å²) in [6, 6.07) is 13.1. The average molecular weight is 311 g/mol. The molecule has 0 saturated heterocycles. The van der Waals surface area contributed by atoms with E-state index in [1.807, 2.05) is 24.3 Å². The predicted octanol–water partition coefficient (Wildman–Crippen LogP) is 3.70. The van der Waals surface area contributed by atoms with Gasteiger partial charge in [-0.05, 0) is 35.9 Å². The Labute approximate surface area is 113 Å². The van der Waals surface area contributed by atoms with Crippen LogP contribution in [0.25, 0.3) is 0 Å². The van der Waals surface area contributed by atoms with Crippen LogP contribution in [0.4, 0.5) is 4.39 Å². The van der Waals surface area contributed by atoms with Gasteiger partial charge < -0.3 is 9.84 Å². The minimum atomic E-state index is -0.774. The highest BCUT2D eigenvalue weighted by Gasteiger charge is 2.08. The van der Waals surface area contributed by atoms with Gasteiger partial charge in [0.15, 0.2) is 0 Å². The molecule has 94 valence electrons. The maximum Gasteiger partial charge on any atom is 0.123 e. The third-order valence-electron chi connectivity index (χ3n) is 2.46. The first kappa shape index (κ1) is 13.1. The summed E-state index contributed by atoms with van der Waals surface area (Å²) in [5.74, 6) is 0.351. The van der Waals surface area contributed by atoms with Gasteiger partial charge in [-0.25, -0.2) is 4.39 Å². The molecule has 18 heavy (non-hydrogen) atoms. The van der Waals surface area contributed by atoms with Crippen LogP contribution in [0, 0.1) is 5.82 Å². The molecule has 2 aromatic rings. The fourth-order valence-electron chi connectivity index (χ4n) is 1.51. The SMILES string of the molecule is OC(COc1cccc(Br)c1)c1ccc(F)cc1. The molecule has 2 aromatic carbocycles. The second-order valence-corrected chi connectivity index (χ2v) is 4.75. The molecule has 2 nitrogen and oxygen atoms in total. The molecule has 0 amide bonds. The predicted molar refractivity (Wildman–Crippen MR) is 71.0 cm³/mol. The molecule has 0 aliphatic rings. The summed E-state index contributed by atoms with van der Waals surface area (Å²) >= 11 is 3.34. The number of hydrogen-bond donors (Lipinski definition) is 1. The van der Waals surface area contributed by atoms with Crippen molar-refractivity contribution in [3.05, 3.63) is 64.4 Å². The first-order valence-corrected chi connectivity index (χ1v) is 6.26. The molecule has 0 bridgehead atoms. The van der Waals surface area contributed by atoms with Gasteiger partial charge in [-0.3, -0.25) is 0 Å². The molecule has 0 aliphatic heterocycles. The topological polar surface area (TPSA) is 29.5 Å². The molecule has 0 aromatic heterocycles. The van der Waals surface area contributed by atoms with Crippen LogP contribution in [-0.4, -0.2) is 11.7 Å². The Kier molecular flexibility index (Phi) is 4.33. The Morgan fingerprint density at radius 2 is 1.89 bits per heavy atom. The van der Waals surface area contributed by atoms with Gasteiger partial charge in [0.2, 0.25) is 0 Å². The van der Waals surface area contributed by atoms with Crippen molar-refractivity contribution in [3.63, 3.8) is 0 Å². The minimum absolute atomic E-state index is 0.127. The minimum Gasteiger partial charge on any atom is -0.490 e.